The summed E-state index contributed by atoms with van der Waals surface area (Å²) >= 11 is 0. The third-order valence-corrected chi connectivity index (χ3v) is 5.80. The first-order chi connectivity index (χ1) is 15.6. The molecule has 0 aliphatic carbocycles. The van der Waals surface area contributed by atoms with E-state index in [0.29, 0.717) is 41.3 Å². The number of fused-ring (bicyclic) bond motifs is 1. The minimum absolute atomic E-state index is 0.164. The van der Waals surface area contributed by atoms with Crippen molar-refractivity contribution in [3.8, 4) is 17.2 Å². The van der Waals surface area contributed by atoms with Crippen LogP contribution in [0.3, 0.4) is 0 Å². The van der Waals surface area contributed by atoms with Crippen LogP contribution in [0.1, 0.15) is 12.7 Å². The molecule has 4 rings (SSSR count). The van der Waals surface area contributed by atoms with Gasteiger partial charge in [-0.3, -0.25) is 9.69 Å². The highest BCUT2D eigenvalue weighted by Crippen LogP contribution is 2.30. The molecule has 1 saturated heterocycles. The summed E-state index contributed by atoms with van der Waals surface area (Å²) in [6.45, 7) is 7.26. The Labute approximate surface area is 187 Å². The quantitative estimate of drug-likeness (QED) is 0.579. The maximum absolute atomic E-state index is 12.6. The fourth-order valence-electron chi connectivity index (χ4n) is 4.11. The maximum atomic E-state index is 12.6. The number of aromatic amines is 1. The van der Waals surface area contributed by atoms with Gasteiger partial charge in [-0.25, -0.2) is 4.98 Å². The number of hydrogen-bond donors (Lipinski definition) is 1. The molecule has 0 saturated carbocycles. The first-order valence-electron chi connectivity index (χ1n) is 11.0. The van der Waals surface area contributed by atoms with Gasteiger partial charge in [-0.1, -0.05) is 12.1 Å². The Morgan fingerprint density at radius 2 is 1.72 bits per heavy atom. The minimum Gasteiger partial charge on any atom is -0.493 e. The predicted molar refractivity (Wildman–Crippen MR) is 125 cm³/mol. The summed E-state index contributed by atoms with van der Waals surface area (Å²) in [5, 5.41) is 0.493. The number of piperazine rings is 1. The molecule has 170 valence electrons. The van der Waals surface area contributed by atoms with Gasteiger partial charge in [0.15, 0.2) is 11.5 Å². The lowest BCUT2D eigenvalue weighted by molar-refractivity contribution is 0.258. The molecule has 1 aromatic heterocycles. The van der Waals surface area contributed by atoms with Gasteiger partial charge in [0, 0.05) is 45.2 Å². The van der Waals surface area contributed by atoms with E-state index >= 15 is 0 Å². The fraction of sp³-hybridized carbons (Fsp3) is 0.417. The van der Waals surface area contributed by atoms with Crippen LogP contribution in [0.15, 0.2) is 41.2 Å². The highest BCUT2D eigenvalue weighted by molar-refractivity contribution is 5.81. The molecular weight excluding hydrogens is 408 g/mol. The number of rotatable bonds is 8. The molecule has 0 atom stereocenters. The molecule has 0 spiro atoms. The first-order valence-corrected chi connectivity index (χ1v) is 11.0. The lowest BCUT2D eigenvalue weighted by atomic mass is 10.2. The molecule has 1 aliphatic heterocycles. The molecule has 2 aromatic carbocycles. The van der Waals surface area contributed by atoms with Crippen LogP contribution in [0.2, 0.25) is 0 Å². The Morgan fingerprint density at radius 1 is 1.00 bits per heavy atom. The Hall–Kier alpha value is -3.26. The van der Waals surface area contributed by atoms with Crippen LogP contribution < -0.4 is 24.7 Å². The van der Waals surface area contributed by atoms with Crippen molar-refractivity contribution < 1.29 is 14.2 Å². The molecule has 2 heterocycles. The zero-order chi connectivity index (χ0) is 22.5. The molecule has 1 N–H and O–H groups in total. The summed E-state index contributed by atoms with van der Waals surface area (Å²) in [4.78, 5) is 24.9. The van der Waals surface area contributed by atoms with Gasteiger partial charge in [0.25, 0.3) is 5.56 Å². The number of ether oxygens (including phenoxy) is 3. The van der Waals surface area contributed by atoms with Crippen molar-refractivity contribution in [1.29, 1.82) is 0 Å². The Bertz CT molecular complexity index is 1120. The lowest BCUT2D eigenvalue weighted by Gasteiger charge is -2.36. The van der Waals surface area contributed by atoms with Gasteiger partial charge in [0.2, 0.25) is 0 Å². The Balaban J connectivity index is 1.40. The van der Waals surface area contributed by atoms with E-state index in [1.54, 1.807) is 26.4 Å². The molecule has 1 fully saturated rings. The lowest BCUT2D eigenvalue weighted by Crippen LogP contribution is -2.47. The molecule has 0 amide bonds. The van der Waals surface area contributed by atoms with Gasteiger partial charge >= 0.3 is 0 Å². The second kappa shape index (κ2) is 9.91. The van der Waals surface area contributed by atoms with Crippen LogP contribution in [0, 0.1) is 0 Å². The van der Waals surface area contributed by atoms with Gasteiger partial charge < -0.3 is 24.1 Å². The zero-order valence-electron chi connectivity index (χ0n) is 18.9. The van der Waals surface area contributed by atoms with Crippen LogP contribution in [-0.2, 0) is 6.42 Å². The molecule has 8 nitrogen and oxygen atoms in total. The van der Waals surface area contributed by atoms with Gasteiger partial charge in [0.1, 0.15) is 11.6 Å². The second-order valence-corrected chi connectivity index (χ2v) is 7.72. The van der Waals surface area contributed by atoms with E-state index in [0.717, 1.165) is 44.2 Å². The van der Waals surface area contributed by atoms with E-state index in [1.807, 2.05) is 19.1 Å². The van der Waals surface area contributed by atoms with Crippen LogP contribution >= 0.6 is 0 Å². The standard InChI is InChI=1S/C24H30N4O4/c1-4-32-20-8-6-5-7-19(20)28-13-11-27(12-14-28)10-9-23-25-18-16-22(31-3)21(30-2)15-17(18)24(29)26-23/h5-8,15-16H,4,9-14H2,1-3H3,(H,25,26,29). The number of nitrogens with one attached hydrogen (secondary N) is 1. The summed E-state index contributed by atoms with van der Waals surface area (Å²) in [5.41, 5.74) is 1.60. The van der Waals surface area contributed by atoms with Crippen molar-refractivity contribution in [1.82, 2.24) is 14.9 Å². The second-order valence-electron chi connectivity index (χ2n) is 7.72. The fourth-order valence-corrected chi connectivity index (χ4v) is 4.11. The number of methoxy groups -OCH3 is 2. The van der Waals surface area contributed by atoms with E-state index in [1.165, 1.54) is 0 Å². The van der Waals surface area contributed by atoms with Crippen LogP contribution in [0.4, 0.5) is 5.69 Å². The minimum atomic E-state index is -0.164. The number of benzene rings is 2. The summed E-state index contributed by atoms with van der Waals surface area (Å²) in [6.07, 6.45) is 0.676. The van der Waals surface area contributed by atoms with Crippen molar-refractivity contribution >= 4 is 16.6 Å². The number of para-hydroxylation sites is 2. The normalized spacial score (nSPS) is 14.5. The molecule has 3 aromatic rings. The predicted octanol–water partition coefficient (Wildman–Crippen LogP) is 2.70. The van der Waals surface area contributed by atoms with Gasteiger partial charge in [-0.05, 0) is 25.1 Å². The number of anilines is 1. The molecule has 0 unspecified atom stereocenters. The van der Waals surface area contributed by atoms with Crippen LogP contribution in [0.25, 0.3) is 10.9 Å². The smallest absolute Gasteiger partial charge is 0.258 e. The number of hydrogen-bond acceptors (Lipinski definition) is 7. The topological polar surface area (TPSA) is 79.9 Å². The third kappa shape index (κ3) is 4.65. The Morgan fingerprint density at radius 3 is 2.44 bits per heavy atom. The van der Waals surface area contributed by atoms with E-state index in [2.05, 4.69) is 31.9 Å². The summed E-state index contributed by atoms with van der Waals surface area (Å²) in [7, 11) is 3.12. The zero-order valence-corrected chi connectivity index (χ0v) is 18.9. The molecule has 0 bridgehead atoms. The van der Waals surface area contributed by atoms with Crippen molar-refractivity contribution in [2.75, 3.05) is 58.5 Å². The maximum Gasteiger partial charge on any atom is 0.258 e. The molecule has 32 heavy (non-hydrogen) atoms. The number of H-pyrrole nitrogens is 1. The molecule has 0 radical (unpaired) electrons. The molecular formula is C24H30N4O4. The average Bonchev–Trinajstić information content (AvgIpc) is 2.83. The van der Waals surface area contributed by atoms with Gasteiger partial charge in [0.05, 0.1) is 37.4 Å². The van der Waals surface area contributed by atoms with Gasteiger partial charge in [-0.15, -0.1) is 0 Å². The number of nitrogens with zero attached hydrogens (tertiary/aromatic N) is 3. The van der Waals surface area contributed by atoms with Crippen molar-refractivity contribution in [2.45, 2.75) is 13.3 Å². The monoisotopic (exact) mass is 438 g/mol. The highest BCUT2D eigenvalue weighted by atomic mass is 16.5. The van der Waals surface area contributed by atoms with E-state index in [9.17, 15) is 4.79 Å². The highest BCUT2D eigenvalue weighted by Gasteiger charge is 2.20. The van der Waals surface area contributed by atoms with Crippen LogP contribution in [-0.4, -0.2) is 68.4 Å². The van der Waals surface area contributed by atoms with Crippen molar-refractivity contribution in [3.05, 3.63) is 52.6 Å². The van der Waals surface area contributed by atoms with E-state index in [4.69, 9.17) is 14.2 Å². The third-order valence-electron chi connectivity index (χ3n) is 5.80. The summed E-state index contributed by atoms with van der Waals surface area (Å²) in [5.74, 6) is 2.70. The summed E-state index contributed by atoms with van der Waals surface area (Å²) in [6, 6.07) is 11.6. The molecule has 8 heteroatoms. The largest absolute Gasteiger partial charge is 0.493 e. The van der Waals surface area contributed by atoms with Gasteiger partial charge in [-0.2, -0.15) is 0 Å². The van der Waals surface area contributed by atoms with E-state index in [-0.39, 0.29) is 5.56 Å². The SMILES string of the molecule is CCOc1ccccc1N1CCN(CCc2nc3cc(OC)c(OC)cc3c(=O)[nH]2)CC1. The number of aromatic nitrogens is 2. The molecule has 1 aliphatic rings. The average molecular weight is 439 g/mol. The van der Waals surface area contributed by atoms with E-state index < -0.39 is 0 Å². The summed E-state index contributed by atoms with van der Waals surface area (Å²) < 4.78 is 16.4. The van der Waals surface area contributed by atoms with Crippen molar-refractivity contribution in [3.63, 3.8) is 0 Å². The van der Waals surface area contributed by atoms with Crippen molar-refractivity contribution in [2.24, 2.45) is 0 Å². The Kier molecular flexibility index (Phi) is 6.80. The van der Waals surface area contributed by atoms with Crippen LogP contribution in [0.5, 0.6) is 17.2 Å². The first kappa shape index (κ1) is 22.0.